The van der Waals surface area contributed by atoms with Crippen molar-refractivity contribution in [3.05, 3.63) is 91.9 Å². The third-order valence-electron chi connectivity index (χ3n) is 7.02. The van der Waals surface area contributed by atoms with Gasteiger partial charge in [-0.15, -0.1) is 23.5 Å². The Morgan fingerprint density at radius 2 is 1.33 bits per heavy atom. The number of thioether (sulfide) groups is 2. The lowest BCUT2D eigenvalue weighted by Crippen LogP contribution is -2.48. The summed E-state index contributed by atoms with van der Waals surface area (Å²) in [5.41, 5.74) is -1.26. The van der Waals surface area contributed by atoms with Gasteiger partial charge in [0.2, 0.25) is 0 Å². The molecule has 0 aromatic heterocycles. The fourth-order valence-electron chi connectivity index (χ4n) is 4.98. The average Bonchev–Trinajstić information content (AvgIpc) is 3.30. The van der Waals surface area contributed by atoms with Crippen LogP contribution >= 0.6 is 23.5 Å². The molecule has 9 heteroatoms. The second kappa shape index (κ2) is 8.45. The van der Waals surface area contributed by atoms with E-state index in [2.05, 4.69) is 0 Å². The zero-order valence-electron chi connectivity index (χ0n) is 20.2. The molecule has 192 valence electrons. The molecular formula is C27H24F6OS2. The number of alkyl halides is 6. The number of rotatable bonds is 5. The van der Waals surface area contributed by atoms with Crippen molar-refractivity contribution in [1.82, 2.24) is 0 Å². The number of aldehydes is 1. The van der Waals surface area contributed by atoms with Crippen molar-refractivity contribution in [1.29, 1.82) is 0 Å². The lowest BCUT2D eigenvalue weighted by Gasteiger charge is -2.47. The number of halogens is 6. The van der Waals surface area contributed by atoms with E-state index in [1.807, 2.05) is 6.92 Å². The topological polar surface area (TPSA) is 17.1 Å². The van der Waals surface area contributed by atoms with Crippen LogP contribution in [-0.2, 0) is 4.79 Å². The summed E-state index contributed by atoms with van der Waals surface area (Å²) >= 11 is 2.45. The summed E-state index contributed by atoms with van der Waals surface area (Å²) in [7, 11) is 0. The van der Waals surface area contributed by atoms with Gasteiger partial charge in [0.05, 0.1) is 9.49 Å². The van der Waals surface area contributed by atoms with Gasteiger partial charge < -0.3 is 0 Å². The fourth-order valence-corrected chi connectivity index (χ4v) is 7.98. The Morgan fingerprint density at radius 3 is 1.92 bits per heavy atom. The molecule has 0 bridgehead atoms. The Bertz CT molecular complexity index is 1290. The van der Waals surface area contributed by atoms with E-state index >= 15 is 17.6 Å². The quantitative estimate of drug-likeness (QED) is 0.150. The molecule has 0 aromatic carbocycles. The highest BCUT2D eigenvalue weighted by molar-refractivity contribution is 8.09. The fraction of sp³-hybridized carbons (Fsp3) is 0.370. The van der Waals surface area contributed by atoms with Gasteiger partial charge in [-0.25, -0.2) is 0 Å². The number of hydrogen-bond acceptors (Lipinski definition) is 3. The summed E-state index contributed by atoms with van der Waals surface area (Å²) in [5, 5.41) is 0. The first-order chi connectivity index (χ1) is 16.5. The van der Waals surface area contributed by atoms with Crippen molar-refractivity contribution >= 4 is 29.8 Å². The maximum absolute atomic E-state index is 15.1. The lowest BCUT2D eigenvalue weighted by molar-refractivity contribution is -0.258. The summed E-state index contributed by atoms with van der Waals surface area (Å²) in [6.45, 7) is 8.55. The Labute approximate surface area is 214 Å². The van der Waals surface area contributed by atoms with Gasteiger partial charge in [0, 0.05) is 16.1 Å². The zero-order valence-corrected chi connectivity index (χ0v) is 21.8. The van der Waals surface area contributed by atoms with E-state index in [-0.39, 0.29) is 11.1 Å². The Balaban J connectivity index is 1.83. The van der Waals surface area contributed by atoms with Crippen LogP contribution in [0.2, 0.25) is 0 Å². The average molecular weight is 543 g/mol. The van der Waals surface area contributed by atoms with Gasteiger partial charge in [0.25, 0.3) is 0 Å². The van der Waals surface area contributed by atoms with Crippen LogP contribution in [0, 0.1) is 0 Å². The Morgan fingerprint density at radius 1 is 0.806 bits per heavy atom. The predicted molar refractivity (Wildman–Crippen MR) is 135 cm³/mol. The number of hydrogen-bond donors (Lipinski definition) is 0. The van der Waals surface area contributed by atoms with Gasteiger partial charge in [-0.3, -0.25) is 4.79 Å². The molecule has 0 spiro atoms. The highest BCUT2D eigenvalue weighted by atomic mass is 32.2. The number of carbonyl (C=O) groups is 1. The minimum Gasteiger partial charge on any atom is -0.299 e. The first kappa shape index (κ1) is 26.9. The molecule has 2 heterocycles. The number of fused-ring (bicyclic) bond motifs is 4. The number of allylic oxidation sites excluding steroid dienone is 13. The molecule has 2 unspecified atom stereocenters. The van der Waals surface area contributed by atoms with Gasteiger partial charge in [-0.05, 0) is 80.5 Å². The van der Waals surface area contributed by atoms with Crippen LogP contribution in [0.1, 0.15) is 34.6 Å². The van der Waals surface area contributed by atoms with Crippen molar-refractivity contribution in [2.24, 2.45) is 0 Å². The minimum atomic E-state index is -5.54. The molecule has 4 rings (SSSR count). The van der Waals surface area contributed by atoms with E-state index in [4.69, 9.17) is 0 Å². The normalized spacial score (nSPS) is 32.8. The van der Waals surface area contributed by atoms with Crippen molar-refractivity contribution in [3.8, 4) is 0 Å². The molecule has 0 amide bonds. The van der Waals surface area contributed by atoms with Crippen LogP contribution in [0.15, 0.2) is 91.9 Å². The molecule has 2 atom stereocenters. The zero-order chi connectivity index (χ0) is 26.9. The smallest absolute Gasteiger partial charge is 0.299 e. The molecule has 2 aliphatic heterocycles. The standard InChI is InChI=1S/C27H24F6OS2/c1-15(7-6-8-16(2)11-12-34)9-10-18-14-20-22-21(25(28,29)27(32,33)26(22,30)31)19-13-17(3)35-23(19,4)24(20,5)36-18/h6-14H,1-5H3/b8-6+,10-9+,15-7+,16-11+. The summed E-state index contributed by atoms with van der Waals surface area (Å²) in [6, 6.07) is 0. The third kappa shape index (κ3) is 3.52. The van der Waals surface area contributed by atoms with Crippen molar-refractivity contribution in [3.63, 3.8) is 0 Å². The second-order valence-corrected chi connectivity index (χ2v) is 12.7. The van der Waals surface area contributed by atoms with Crippen LogP contribution in [0.4, 0.5) is 26.3 Å². The van der Waals surface area contributed by atoms with Gasteiger partial charge in [-0.2, -0.15) is 26.3 Å². The first-order valence-electron chi connectivity index (χ1n) is 11.1. The summed E-state index contributed by atoms with van der Waals surface area (Å²) in [5.74, 6) is -15.6. The SMILES string of the molecule is CC1=CC2=C3C(=C4C=C(/C=C/C(C)=C/C=C/C(C)=C/C=O)SC4(C)C2(C)S1)C(F)(F)C(F)(F)C3(F)F. The van der Waals surface area contributed by atoms with Gasteiger partial charge in [-0.1, -0.05) is 29.9 Å². The highest BCUT2D eigenvalue weighted by Crippen LogP contribution is 2.74. The molecule has 2 aliphatic carbocycles. The van der Waals surface area contributed by atoms with Crippen LogP contribution in [-0.4, -0.2) is 33.5 Å². The third-order valence-corrected chi connectivity index (χ3v) is 10.2. The summed E-state index contributed by atoms with van der Waals surface area (Å²) in [6.07, 6.45) is 13.4. The molecule has 0 saturated heterocycles. The maximum Gasteiger partial charge on any atom is 0.380 e. The van der Waals surface area contributed by atoms with Crippen LogP contribution < -0.4 is 0 Å². The van der Waals surface area contributed by atoms with E-state index in [1.54, 1.807) is 58.1 Å². The number of carbonyl (C=O) groups excluding carboxylic acids is 1. The molecule has 36 heavy (non-hydrogen) atoms. The molecule has 0 N–H and O–H groups in total. The van der Waals surface area contributed by atoms with Crippen LogP contribution in [0.3, 0.4) is 0 Å². The minimum absolute atomic E-state index is 0.154. The largest absolute Gasteiger partial charge is 0.380 e. The summed E-state index contributed by atoms with van der Waals surface area (Å²) < 4.78 is 87.0. The molecule has 0 radical (unpaired) electrons. The summed E-state index contributed by atoms with van der Waals surface area (Å²) in [4.78, 5) is 11.6. The van der Waals surface area contributed by atoms with E-state index in [0.29, 0.717) is 16.1 Å². The van der Waals surface area contributed by atoms with E-state index < -0.39 is 38.4 Å². The van der Waals surface area contributed by atoms with Crippen molar-refractivity contribution in [2.75, 3.05) is 0 Å². The van der Waals surface area contributed by atoms with Crippen molar-refractivity contribution in [2.45, 2.75) is 61.9 Å². The lowest BCUT2D eigenvalue weighted by atomic mass is 9.71. The maximum atomic E-state index is 15.1. The van der Waals surface area contributed by atoms with Gasteiger partial charge >= 0.3 is 17.8 Å². The molecule has 1 nitrogen and oxygen atoms in total. The van der Waals surface area contributed by atoms with E-state index in [1.165, 1.54) is 41.8 Å². The molecule has 1 fully saturated rings. The van der Waals surface area contributed by atoms with Crippen LogP contribution in [0.25, 0.3) is 0 Å². The van der Waals surface area contributed by atoms with E-state index in [9.17, 15) is 13.6 Å². The van der Waals surface area contributed by atoms with E-state index in [0.717, 1.165) is 11.1 Å². The van der Waals surface area contributed by atoms with Crippen molar-refractivity contribution < 1.29 is 31.1 Å². The van der Waals surface area contributed by atoms with Crippen LogP contribution in [0.5, 0.6) is 0 Å². The van der Waals surface area contributed by atoms with Gasteiger partial charge in [0.1, 0.15) is 6.29 Å². The second-order valence-electron chi connectivity index (χ2n) is 9.52. The molecule has 0 aromatic rings. The monoisotopic (exact) mass is 542 g/mol. The Kier molecular flexibility index (Phi) is 6.32. The molecule has 4 aliphatic rings. The Hall–Kier alpha value is -2.13. The molecule has 1 saturated carbocycles. The predicted octanol–water partition coefficient (Wildman–Crippen LogP) is 8.52. The van der Waals surface area contributed by atoms with Gasteiger partial charge in [0.15, 0.2) is 0 Å². The molecular weight excluding hydrogens is 518 g/mol. The highest BCUT2D eigenvalue weighted by Gasteiger charge is 2.84. The first-order valence-corrected chi connectivity index (χ1v) is 12.8.